The van der Waals surface area contributed by atoms with E-state index in [0.29, 0.717) is 6.54 Å². The van der Waals surface area contributed by atoms with E-state index in [-0.39, 0.29) is 17.0 Å². The van der Waals surface area contributed by atoms with Crippen molar-refractivity contribution >= 4 is 5.91 Å². The van der Waals surface area contributed by atoms with Gasteiger partial charge in [-0.15, -0.1) is 0 Å². The zero-order valence-corrected chi connectivity index (χ0v) is 11.0. The fourth-order valence-corrected chi connectivity index (χ4v) is 1.92. The Kier molecular flexibility index (Phi) is 3.80. The summed E-state index contributed by atoms with van der Waals surface area (Å²) in [6, 6.07) is 11.2. The topological polar surface area (TPSA) is 51.1 Å². The van der Waals surface area contributed by atoms with Crippen LogP contribution in [0.15, 0.2) is 47.4 Å². The molecule has 0 spiro atoms. The van der Waals surface area contributed by atoms with Crippen LogP contribution in [0.4, 0.5) is 0 Å². The molecule has 1 aromatic heterocycles. The maximum Gasteiger partial charge on any atom is 0.263 e. The molecule has 0 radical (unpaired) electrons. The van der Waals surface area contributed by atoms with Gasteiger partial charge in [0.25, 0.3) is 11.5 Å². The van der Waals surface area contributed by atoms with Gasteiger partial charge in [-0.25, -0.2) is 0 Å². The monoisotopic (exact) mass is 256 g/mol. The van der Waals surface area contributed by atoms with Crippen LogP contribution in [0, 0.1) is 6.92 Å². The van der Waals surface area contributed by atoms with Gasteiger partial charge in [0.1, 0.15) is 5.56 Å². The summed E-state index contributed by atoms with van der Waals surface area (Å²) < 4.78 is 1.42. The van der Waals surface area contributed by atoms with E-state index in [1.807, 2.05) is 37.3 Å². The molecule has 19 heavy (non-hydrogen) atoms. The molecule has 2 rings (SSSR count). The molecule has 0 aliphatic carbocycles. The Morgan fingerprint density at radius 2 is 1.95 bits per heavy atom. The standard InChI is InChI=1S/C15H16N2O2/c1-11-8-13(15(19)17(2)10-11)14(18)16-9-12-6-4-3-5-7-12/h3-8,10H,9H2,1-2H3,(H,16,18). The second kappa shape index (κ2) is 5.52. The second-order valence-corrected chi connectivity index (χ2v) is 4.52. The summed E-state index contributed by atoms with van der Waals surface area (Å²) in [4.78, 5) is 23.9. The average molecular weight is 256 g/mol. The molecule has 0 bridgehead atoms. The van der Waals surface area contributed by atoms with Gasteiger partial charge in [0, 0.05) is 19.8 Å². The molecule has 0 atom stereocenters. The third-order valence-electron chi connectivity index (χ3n) is 2.86. The fourth-order valence-electron chi connectivity index (χ4n) is 1.92. The summed E-state index contributed by atoms with van der Waals surface area (Å²) in [6.07, 6.45) is 1.70. The maximum atomic E-state index is 12.0. The van der Waals surface area contributed by atoms with Gasteiger partial charge in [0.05, 0.1) is 0 Å². The first-order chi connectivity index (χ1) is 9.08. The molecule has 0 saturated heterocycles. The molecular weight excluding hydrogens is 240 g/mol. The van der Waals surface area contributed by atoms with Gasteiger partial charge in [-0.05, 0) is 24.1 Å². The molecule has 98 valence electrons. The predicted molar refractivity (Wildman–Crippen MR) is 74.0 cm³/mol. The molecule has 4 heteroatoms. The molecule has 0 saturated carbocycles. The van der Waals surface area contributed by atoms with Crippen molar-refractivity contribution in [2.24, 2.45) is 7.05 Å². The Labute approximate surface area is 111 Å². The molecule has 1 aromatic carbocycles. The largest absolute Gasteiger partial charge is 0.348 e. The number of carbonyl (C=O) groups excluding carboxylic acids is 1. The molecular formula is C15H16N2O2. The SMILES string of the molecule is Cc1cc(C(=O)NCc2ccccc2)c(=O)n(C)c1. The molecule has 1 N–H and O–H groups in total. The van der Waals surface area contributed by atoms with Crippen LogP contribution in [0.25, 0.3) is 0 Å². The van der Waals surface area contributed by atoms with Crippen molar-refractivity contribution in [2.75, 3.05) is 0 Å². The molecule has 0 unspecified atom stereocenters. The van der Waals surface area contributed by atoms with E-state index >= 15 is 0 Å². The maximum absolute atomic E-state index is 12.0. The normalized spacial score (nSPS) is 10.2. The van der Waals surface area contributed by atoms with Gasteiger partial charge in [-0.2, -0.15) is 0 Å². The van der Waals surface area contributed by atoms with Gasteiger partial charge in [-0.1, -0.05) is 30.3 Å². The zero-order chi connectivity index (χ0) is 13.8. The summed E-state index contributed by atoms with van der Waals surface area (Å²) in [5.74, 6) is -0.340. The number of nitrogens with one attached hydrogen (secondary N) is 1. The number of amides is 1. The summed E-state index contributed by atoms with van der Waals surface area (Å²) >= 11 is 0. The van der Waals surface area contributed by atoms with Gasteiger partial charge < -0.3 is 9.88 Å². The number of aromatic nitrogens is 1. The highest BCUT2D eigenvalue weighted by Gasteiger charge is 2.11. The van der Waals surface area contributed by atoms with Gasteiger partial charge in [0.2, 0.25) is 0 Å². The molecule has 1 amide bonds. The molecule has 4 nitrogen and oxygen atoms in total. The van der Waals surface area contributed by atoms with Crippen LogP contribution in [0.5, 0.6) is 0 Å². The van der Waals surface area contributed by atoms with E-state index in [4.69, 9.17) is 0 Å². The molecule has 0 aliphatic rings. The molecule has 2 aromatic rings. The minimum Gasteiger partial charge on any atom is -0.348 e. The van der Waals surface area contributed by atoms with Crippen molar-refractivity contribution in [3.63, 3.8) is 0 Å². The first kappa shape index (κ1) is 13.1. The van der Waals surface area contributed by atoms with Crippen LogP contribution >= 0.6 is 0 Å². The number of nitrogens with zero attached hydrogens (tertiary/aromatic N) is 1. The smallest absolute Gasteiger partial charge is 0.263 e. The van der Waals surface area contributed by atoms with E-state index in [0.717, 1.165) is 11.1 Å². The molecule has 0 aliphatic heterocycles. The van der Waals surface area contributed by atoms with E-state index < -0.39 is 0 Å². The molecule has 1 heterocycles. The predicted octanol–water partition coefficient (Wildman–Crippen LogP) is 1.62. The Hall–Kier alpha value is -2.36. The van der Waals surface area contributed by atoms with Gasteiger partial charge in [0.15, 0.2) is 0 Å². The average Bonchev–Trinajstić information content (AvgIpc) is 2.41. The van der Waals surface area contributed by atoms with Crippen LogP contribution in [0.3, 0.4) is 0 Å². The summed E-state index contributed by atoms with van der Waals surface area (Å²) in [7, 11) is 1.64. The van der Waals surface area contributed by atoms with Crippen molar-refractivity contribution in [3.8, 4) is 0 Å². The highest BCUT2D eigenvalue weighted by atomic mass is 16.2. The van der Waals surface area contributed by atoms with Crippen molar-refractivity contribution in [2.45, 2.75) is 13.5 Å². The van der Waals surface area contributed by atoms with Crippen molar-refractivity contribution in [1.29, 1.82) is 0 Å². The van der Waals surface area contributed by atoms with Crippen LogP contribution in [-0.4, -0.2) is 10.5 Å². The van der Waals surface area contributed by atoms with E-state index in [1.165, 1.54) is 4.57 Å². The number of rotatable bonds is 3. The molecule has 0 fully saturated rings. The lowest BCUT2D eigenvalue weighted by Gasteiger charge is -2.07. The number of hydrogen-bond donors (Lipinski definition) is 1. The first-order valence-corrected chi connectivity index (χ1v) is 6.07. The lowest BCUT2D eigenvalue weighted by atomic mass is 10.2. The third-order valence-corrected chi connectivity index (χ3v) is 2.86. The minimum absolute atomic E-state index is 0.179. The Bertz CT molecular complexity index is 645. The Morgan fingerprint density at radius 1 is 1.26 bits per heavy atom. The summed E-state index contributed by atoms with van der Waals surface area (Å²) in [5, 5.41) is 2.76. The van der Waals surface area contributed by atoms with Crippen molar-refractivity contribution < 1.29 is 4.79 Å². The second-order valence-electron chi connectivity index (χ2n) is 4.52. The highest BCUT2D eigenvalue weighted by molar-refractivity contribution is 5.93. The van der Waals surface area contributed by atoms with Crippen LogP contribution in [0.1, 0.15) is 21.5 Å². The third kappa shape index (κ3) is 3.10. The van der Waals surface area contributed by atoms with Crippen molar-refractivity contribution in [1.82, 2.24) is 9.88 Å². The Morgan fingerprint density at radius 3 is 2.63 bits per heavy atom. The van der Waals surface area contributed by atoms with Gasteiger partial charge in [-0.3, -0.25) is 9.59 Å². The van der Waals surface area contributed by atoms with E-state index in [2.05, 4.69) is 5.32 Å². The number of pyridine rings is 1. The summed E-state index contributed by atoms with van der Waals surface area (Å²) in [6.45, 7) is 2.27. The van der Waals surface area contributed by atoms with Crippen molar-refractivity contribution in [3.05, 3.63) is 69.6 Å². The zero-order valence-electron chi connectivity index (χ0n) is 11.0. The number of aryl methyl sites for hydroxylation is 2. The highest BCUT2D eigenvalue weighted by Crippen LogP contribution is 2.01. The number of hydrogen-bond acceptors (Lipinski definition) is 2. The minimum atomic E-state index is -0.340. The summed E-state index contributed by atoms with van der Waals surface area (Å²) in [5.41, 5.74) is 1.78. The van der Waals surface area contributed by atoms with E-state index in [9.17, 15) is 9.59 Å². The van der Waals surface area contributed by atoms with Crippen LogP contribution in [0.2, 0.25) is 0 Å². The first-order valence-electron chi connectivity index (χ1n) is 6.07. The quantitative estimate of drug-likeness (QED) is 0.907. The lowest BCUT2D eigenvalue weighted by Crippen LogP contribution is -2.32. The van der Waals surface area contributed by atoms with Gasteiger partial charge >= 0.3 is 0 Å². The van der Waals surface area contributed by atoms with E-state index in [1.54, 1.807) is 19.3 Å². The number of benzene rings is 1. The fraction of sp³-hybridized carbons (Fsp3) is 0.200. The number of carbonyl (C=O) groups is 1. The van der Waals surface area contributed by atoms with Crippen LogP contribution < -0.4 is 10.9 Å². The van der Waals surface area contributed by atoms with Crippen LogP contribution in [-0.2, 0) is 13.6 Å². The lowest BCUT2D eigenvalue weighted by molar-refractivity contribution is 0.0948. The Balaban J connectivity index is 2.15.